The molecular weight excluding hydrogens is 236 g/mol. The van der Waals surface area contributed by atoms with Crippen molar-refractivity contribution in [3.63, 3.8) is 0 Å². The molecule has 1 aliphatic rings. The molecule has 1 aliphatic carbocycles. The molecule has 0 radical (unpaired) electrons. The van der Waals surface area contributed by atoms with E-state index in [2.05, 4.69) is 10.3 Å². The number of carbonyl (C=O) groups is 1. The molecule has 2 rings (SSSR count). The van der Waals surface area contributed by atoms with Crippen molar-refractivity contribution in [1.29, 1.82) is 0 Å². The van der Waals surface area contributed by atoms with Crippen molar-refractivity contribution in [3.8, 4) is 0 Å². The fraction of sp³-hybridized carbons (Fsp3) is 0.667. The summed E-state index contributed by atoms with van der Waals surface area (Å²) in [6.07, 6.45) is 3.92. The summed E-state index contributed by atoms with van der Waals surface area (Å²) in [6, 6.07) is 0.289. The molecule has 6 heteroatoms. The SMILES string of the molecule is CCOC(=O)c1coc(NCC2CCCC2O)n1. The Morgan fingerprint density at radius 3 is 3.17 bits per heavy atom. The maximum atomic E-state index is 11.4. The van der Waals surface area contributed by atoms with Crippen LogP contribution in [0.25, 0.3) is 0 Å². The first-order valence-corrected chi connectivity index (χ1v) is 6.25. The quantitative estimate of drug-likeness (QED) is 0.773. The smallest absolute Gasteiger partial charge is 0.360 e. The number of rotatable bonds is 5. The van der Waals surface area contributed by atoms with Crippen molar-refractivity contribution < 1.29 is 19.1 Å². The van der Waals surface area contributed by atoms with E-state index in [1.165, 1.54) is 6.26 Å². The Kier molecular flexibility index (Phi) is 4.19. The Balaban J connectivity index is 1.85. The minimum atomic E-state index is -0.491. The monoisotopic (exact) mass is 254 g/mol. The fourth-order valence-corrected chi connectivity index (χ4v) is 2.13. The minimum absolute atomic E-state index is 0.159. The van der Waals surface area contributed by atoms with Gasteiger partial charge in [-0.3, -0.25) is 0 Å². The lowest BCUT2D eigenvalue weighted by Crippen LogP contribution is -2.22. The maximum Gasteiger partial charge on any atom is 0.360 e. The van der Waals surface area contributed by atoms with Crippen LogP contribution in [0.5, 0.6) is 0 Å². The van der Waals surface area contributed by atoms with Gasteiger partial charge in [0.05, 0.1) is 12.7 Å². The van der Waals surface area contributed by atoms with Gasteiger partial charge in [0.25, 0.3) is 6.01 Å². The zero-order valence-electron chi connectivity index (χ0n) is 10.4. The maximum absolute atomic E-state index is 11.4. The van der Waals surface area contributed by atoms with Gasteiger partial charge in [-0.05, 0) is 19.8 Å². The van der Waals surface area contributed by atoms with Crippen molar-refractivity contribution >= 4 is 12.0 Å². The van der Waals surface area contributed by atoms with E-state index in [4.69, 9.17) is 9.15 Å². The number of nitrogens with zero attached hydrogens (tertiary/aromatic N) is 1. The Hall–Kier alpha value is -1.56. The number of oxazole rings is 1. The second-order valence-corrected chi connectivity index (χ2v) is 4.40. The second-order valence-electron chi connectivity index (χ2n) is 4.40. The Bertz CT molecular complexity index is 405. The van der Waals surface area contributed by atoms with Crippen LogP contribution >= 0.6 is 0 Å². The molecule has 1 heterocycles. The number of esters is 1. The first-order chi connectivity index (χ1) is 8.70. The van der Waals surface area contributed by atoms with Crippen molar-refractivity contribution in [2.45, 2.75) is 32.3 Å². The zero-order chi connectivity index (χ0) is 13.0. The number of carbonyl (C=O) groups excluding carboxylic acids is 1. The van der Waals surface area contributed by atoms with Crippen molar-refractivity contribution in [2.24, 2.45) is 5.92 Å². The number of hydrogen-bond acceptors (Lipinski definition) is 6. The number of aliphatic hydroxyl groups excluding tert-OH is 1. The lowest BCUT2D eigenvalue weighted by Gasteiger charge is -2.13. The van der Waals surface area contributed by atoms with Gasteiger partial charge in [-0.1, -0.05) is 6.42 Å². The topological polar surface area (TPSA) is 84.6 Å². The number of aliphatic hydroxyl groups is 1. The van der Waals surface area contributed by atoms with Crippen LogP contribution in [0.2, 0.25) is 0 Å². The number of aromatic nitrogens is 1. The van der Waals surface area contributed by atoms with Crippen LogP contribution in [0.3, 0.4) is 0 Å². The molecule has 2 unspecified atom stereocenters. The molecule has 0 spiro atoms. The summed E-state index contributed by atoms with van der Waals surface area (Å²) in [6.45, 7) is 2.64. The standard InChI is InChI=1S/C12H18N2O4/c1-2-17-11(16)9-7-18-12(14-9)13-6-8-4-3-5-10(8)15/h7-8,10,15H,2-6H2,1H3,(H,13,14). The molecule has 0 amide bonds. The first kappa shape index (κ1) is 12.9. The molecule has 1 aromatic rings. The predicted molar refractivity (Wildman–Crippen MR) is 64.3 cm³/mol. The third-order valence-electron chi connectivity index (χ3n) is 3.12. The number of ether oxygens (including phenoxy) is 1. The van der Waals surface area contributed by atoms with Crippen molar-refractivity contribution in [1.82, 2.24) is 4.98 Å². The molecule has 100 valence electrons. The van der Waals surface area contributed by atoms with Crippen LogP contribution in [0.15, 0.2) is 10.7 Å². The molecule has 0 saturated heterocycles. The summed E-state index contributed by atoms with van der Waals surface area (Å²) in [7, 11) is 0. The molecular formula is C12H18N2O4. The summed E-state index contributed by atoms with van der Waals surface area (Å²) in [4.78, 5) is 15.3. The van der Waals surface area contributed by atoms with E-state index in [9.17, 15) is 9.90 Å². The predicted octanol–water partition coefficient (Wildman–Crippen LogP) is 1.42. The van der Waals surface area contributed by atoms with Gasteiger partial charge in [-0.2, -0.15) is 4.98 Å². The highest BCUT2D eigenvalue weighted by Gasteiger charge is 2.25. The van der Waals surface area contributed by atoms with Gasteiger partial charge in [0.15, 0.2) is 5.69 Å². The Labute approximate surface area is 105 Å². The fourth-order valence-electron chi connectivity index (χ4n) is 2.13. The number of hydrogen-bond donors (Lipinski definition) is 2. The largest absolute Gasteiger partial charge is 0.461 e. The summed E-state index contributed by atoms with van der Waals surface area (Å²) < 4.78 is 9.93. The van der Waals surface area contributed by atoms with Gasteiger partial charge in [-0.25, -0.2) is 4.79 Å². The van der Waals surface area contributed by atoms with E-state index in [-0.39, 0.29) is 23.7 Å². The zero-order valence-corrected chi connectivity index (χ0v) is 10.4. The highest BCUT2D eigenvalue weighted by atomic mass is 16.5. The van der Waals surface area contributed by atoms with Crippen LogP contribution in [0.4, 0.5) is 6.01 Å². The van der Waals surface area contributed by atoms with E-state index >= 15 is 0 Å². The van der Waals surface area contributed by atoms with Gasteiger partial charge >= 0.3 is 5.97 Å². The van der Waals surface area contributed by atoms with Crippen LogP contribution < -0.4 is 5.32 Å². The highest BCUT2D eigenvalue weighted by molar-refractivity contribution is 5.87. The van der Waals surface area contributed by atoms with Gasteiger partial charge < -0.3 is 19.6 Å². The molecule has 6 nitrogen and oxygen atoms in total. The van der Waals surface area contributed by atoms with Crippen molar-refractivity contribution in [3.05, 3.63) is 12.0 Å². The molecule has 2 N–H and O–H groups in total. The van der Waals surface area contributed by atoms with Crippen LogP contribution in [0, 0.1) is 5.92 Å². The Morgan fingerprint density at radius 2 is 2.50 bits per heavy atom. The summed E-state index contributed by atoms with van der Waals surface area (Å²) >= 11 is 0. The summed E-state index contributed by atoms with van der Waals surface area (Å²) in [5.41, 5.74) is 0.159. The van der Waals surface area contributed by atoms with Gasteiger partial charge in [0.2, 0.25) is 0 Å². The van der Waals surface area contributed by atoms with Crippen LogP contribution in [0.1, 0.15) is 36.7 Å². The number of anilines is 1. The molecule has 18 heavy (non-hydrogen) atoms. The lowest BCUT2D eigenvalue weighted by molar-refractivity contribution is 0.0519. The van der Waals surface area contributed by atoms with E-state index in [1.807, 2.05) is 0 Å². The van der Waals surface area contributed by atoms with E-state index in [0.717, 1.165) is 19.3 Å². The third-order valence-corrected chi connectivity index (χ3v) is 3.12. The molecule has 0 bridgehead atoms. The second kappa shape index (κ2) is 5.86. The average molecular weight is 254 g/mol. The molecule has 1 saturated carbocycles. The van der Waals surface area contributed by atoms with E-state index < -0.39 is 5.97 Å². The molecule has 1 fully saturated rings. The third kappa shape index (κ3) is 3.01. The molecule has 0 aromatic carbocycles. The molecule has 1 aromatic heterocycles. The van der Waals surface area contributed by atoms with Gasteiger partial charge in [0, 0.05) is 12.5 Å². The normalized spacial score (nSPS) is 23.0. The summed E-state index contributed by atoms with van der Waals surface area (Å²) in [5.74, 6) is -0.266. The van der Waals surface area contributed by atoms with Gasteiger partial charge in [0.1, 0.15) is 6.26 Å². The summed E-state index contributed by atoms with van der Waals surface area (Å²) in [5, 5.41) is 12.7. The van der Waals surface area contributed by atoms with Crippen molar-refractivity contribution in [2.75, 3.05) is 18.5 Å². The van der Waals surface area contributed by atoms with E-state index in [0.29, 0.717) is 13.2 Å². The molecule has 0 aliphatic heterocycles. The minimum Gasteiger partial charge on any atom is -0.461 e. The molecule has 2 atom stereocenters. The lowest BCUT2D eigenvalue weighted by atomic mass is 10.1. The van der Waals surface area contributed by atoms with E-state index in [1.54, 1.807) is 6.92 Å². The first-order valence-electron chi connectivity index (χ1n) is 6.25. The van der Waals surface area contributed by atoms with Crippen LogP contribution in [-0.2, 0) is 4.74 Å². The Morgan fingerprint density at radius 1 is 1.67 bits per heavy atom. The highest BCUT2D eigenvalue weighted by Crippen LogP contribution is 2.25. The van der Waals surface area contributed by atoms with Crippen LogP contribution in [-0.4, -0.2) is 35.3 Å². The van der Waals surface area contributed by atoms with Gasteiger partial charge in [-0.15, -0.1) is 0 Å². The number of nitrogens with one attached hydrogen (secondary N) is 1. The average Bonchev–Trinajstić information content (AvgIpc) is 2.96.